The molecule has 2 heterocycles. The molecular formula is C21H18N4S. The minimum absolute atomic E-state index is 0.856. The number of hydrogen-bond acceptors (Lipinski definition) is 3. The maximum absolute atomic E-state index is 4.61. The van der Waals surface area contributed by atoms with E-state index in [9.17, 15) is 0 Å². The molecule has 0 unspecified atom stereocenters. The van der Waals surface area contributed by atoms with E-state index in [0.717, 1.165) is 21.8 Å². The number of rotatable bonds is 4. The molecule has 26 heavy (non-hydrogen) atoms. The number of nitrogens with zero attached hydrogens (tertiary/aromatic N) is 3. The summed E-state index contributed by atoms with van der Waals surface area (Å²) in [5.74, 6) is 0. The molecule has 0 spiro atoms. The molecule has 0 radical (unpaired) electrons. The molecule has 0 amide bonds. The summed E-state index contributed by atoms with van der Waals surface area (Å²) in [6.45, 7) is 0. The number of hydrogen-bond donors (Lipinski definition) is 1. The second kappa shape index (κ2) is 7.37. The highest BCUT2D eigenvalue weighted by molar-refractivity contribution is 7.07. The first-order chi connectivity index (χ1) is 12.8. The van der Waals surface area contributed by atoms with Gasteiger partial charge in [-0.3, -0.25) is 4.99 Å². The van der Waals surface area contributed by atoms with E-state index < -0.39 is 0 Å². The summed E-state index contributed by atoms with van der Waals surface area (Å²) in [4.78, 5) is 8.33. The molecule has 0 aliphatic carbocycles. The zero-order valence-electron chi connectivity index (χ0n) is 14.3. The largest absolute Gasteiger partial charge is 0.360 e. The second-order valence-corrected chi connectivity index (χ2v) is 6.59. The van der Waals surface area contributed by atoms with E-state index in [1.807, 2.05) is 35.3 Å². The van der Waals surface area contributed by atoms with Crippen molar-refractivity contribution in [1.29, 1.82) is 0 Å². The summed E-state index contributed by atoms with van der Waals surface area (Å²) >= 11 is 1.58. The van der Waals surface area contributed by atoms with E-state index in [1.54, 1.807) is 18.4 Å². The molecule has 4 aromatic rings. The van der Waals surface area contributed by atoms with Gasteiger partial charge in [0.1, 0.15) is 0 Å². The van der Waals surface area contributed by atoms with Crippen LogP contribution in [0.15, 0.2) is 88.4 Å². The van der Waals surface area contributed by atoms with Crippen LogP contribution in [-0.4, -0.2) is 22.9 Å². The zero-order valence-corrected chi connectivity index (χ0v) is 15.1. The van der Waals surface area contributed by atoms with E-state index >= 15 is 0 Å². The molecule has 0 aliphatic heterocycles. The van der Waals surface area contributed by atoms with Crippen LogP contribution < -0.4 is 4.80 Å². The summed E-state index contributed by atoms with van der Waals surface area (Å²) in [5.41, 5.74) is 5.51. The Labute approximate surface area is 155 Å². The van der Waals surface area contributed by atoms with Gasteiger partial charge < -0.3 is 4.98 Å². The molecule has 0 bridgehead atoms. The average Bonchev–Trinajstić information content (AvgIpc) is 3.36. The normalized spacial score (nSPS) is 12.1. The first-order valence-corrected chi connectivity index (χ1v) is 9.20. The van der Waals surface area contributed by atoms with Gasteiger partial charge in [-0.25, -0.2) is 4.68 Å². The van der Waals surface area contributed by atoms with Gasteiger partial charge in [-0.15, -0.1) is 11.3 Å². The second-order valence-electron chi connectivity index (χ2n) is 5.75. The first kappa shape index (κ1) is 16.3. The minimum Gasteiger partial charge on any atom is -0.360 e. The Morgan fingerprint density at radius 2 is 1.62 bits per heavy atom. The number of benzene rings is 2. The first-order valence-electron chi connectivity index (χ1n) is 8.32. The molecule has 2 aromatic carbocycles. The smallest absolute Gasteiger partial charge is 0.205 e. The Bertz CT molecular complexity index is 1070. The van der Waals surface area contributed by atoms with Crippen molar-refractivity contribution >= 4 is 17.6 Å². The molecule has 5 heteroatoms. The summed E-state index contributed by atoms with van der Waals surface area (Å²) in [5, 5.41) is 6.70. The van der Waals surface area contributed by atoms with Crippen molar-refractivity contribution in [3.8, 4) is 22.4 Å². The Kier molecular flexibility index (Phi) is 4.62. The summed E-state index contributed by atoms with van der Waals surface area (Å²) in [6.07, 6.45) is 3.69. The van der Waals surface area contributed by atoms with Crippen LogP contribution in [0.3, 0.4) is 0 Å². The van der Waals surface area contributed by atoms with Gasteiger partial charge in [0, 0.05) is 24.2 Å². The minimum atomic E-state index is 0.856. The monoisotopic (exact) mass is 358 g/mol. The SMILES string of the molecule is CN=c1scc(-c2ccc(-c3ccccc3)cc2)n1N=Cc1ccc[nH]1. The van der Waals surface area contributed by atoms with Crippen LogP contribution in [-0.2, 0) is 0 Å². The van der Waals surface area contributed by atoms with Crippen LogP contribution in [0.2, 0.25) is 0 Å². The standard InChI is InChI=1S/C21H18N4S/c1-22-21-25(24-14-19-8-5-13-23-19)20(15-26-21)18-11-9-17(10-12-18)16-6-3-2-4-7-16/h2-15,23H,1H3. The Morgan fingerprint density at radius 3 is 2.31 bits per heavy atom. The van der Waals surface area contributed by atoms with Gasteiger partial charge in [0.05, 0.1) is 17.6 Å². The lowest BCUT2D eigenvalue weighted by atomic mass is 10.0. The van der Waals surface area contributed by atoms with Gasteiger partial charge >= 0.3 is 0 Å². The van der Waals surface area contributed by atoms with Crippen LogP contribution in [0.1, 0.15) is 5.69 Å². The van der Waals surface area contributed by atoms with Gasteiger partial charge in [-0.2, -0.15) is 5.10 Å². The number of aromatic amines is 1. The summed E-state index contributed by atoms with van der Waals surface area (Å²) in [7, 11) is 1.79. The third-order valence-electron chi connectivity index (χ3n) is 4.10. The van der Waals surface area contributed by atoms with E-state index in [4.69, 9.17) is 0 Å². The highest BCUT2D eigenvalue weighted by Crippen LogP contribution is 2.25. The molecule has 1 N–H and O–H groups in total. The lowest BCUT2D eigenvalue weighted by Crippen LogP contribution is -2.11. The van der Waals surface area contributed by atoms with Gasteiger partial charge in [-0.05, 0) is 23.3 Å². The van der Waals surface area contributed by atoms with Crippen LogP contribution in [0.4, 0.5) is 0 Å². The molecule has 128 valence electrons. The fraction of sp³-hybridized carbons (Fsp3) is 0.0476. The lowest BCUT2D eigenvalue weighted by Gasteiger charge is -2.06. The molecule has 0 fully saturated rings. The summed E-state index contributed by atoms with van der Waals surface area (Å²) in [6, 6.07) is 22.9. The highest BCUT2D eigenvalue weighted by atomic mass is 32.1. The molecule has 0 aliphatic rings. The predicted molar refractivity (Wildman–Crippen MR) is 108 cm³/mol. The fourth-order valence-corrected chi connectivity index (χ4v) is 3.57. The van der Waals surface area contributed by atoms with E-state index in [0.29, 0.717) is 0 Å². The van der Waals surface area contributed by atoms with Crippen molar-refractivity contribution in [2.75, 3.05) is 7.05 Å². The molecule has 0 saturated heterocycles. The number of nitrogens with one attached hydrogen (secondary N) is 1. The Balaban J connectivity index is 1.71. The fourth-order valence-electron chi connectivity index (χ4n) is 2.77. The quantitative estimate of drug-likeness (QED) is 0.517. The van der Waals surface area contributed by atoms with Crippen molar-refractivity contribution in [2.45, 2.75) is 0 Å². The van der Waals surface area contributed by atoms with Gasteiger partial charge in [0.2, 0.25) is 4.80 Å². The maximum Gasteiger partial charge on any atom is 0.205 e. The van der Waals surface area contributed by atoms with Crippen molar-refractivity contribution in [3.05, 3.63) is 88.8 Å². The molecule has 4 nitrogen and oxygen atoms in total. The molecular weight excluding hydrogens is 340 g/mol. The van der Waals surface area contributed by atoms with Gasteiger partial charge in [0.15, 0.2) is 0 Å². The molecule has 0 atom stereocenters. The van der Waals surface area contributed by atoms with Crippen LogP contribution in [0.5, 0.6) is 0 Å². The number of aromatic nitrogens is 2. The van der Waals surface area contributed by atoms with Crippen LogP contribution in [0.25, 0.3) is 22.4 Å². The Morgan fingerprint density at radius 1 is 0.885 bits per heavy atom. The van der Waals surface area contributed by atoms with Crippen molar-refractivity contribution in [3.63, 3.8) is 0 Å². The molecule has 2 aromatic heterocycles. The number of H-pyrrole nitrogens is 1. The van der Waals surface area contributed by atoms with E-state index in [-0.39, 0.29) is 0 Å². The lowest BCUT2D eigenvalue weighted by molar-refractivity contribution is 0.848. The van der Waals surface area contributed by atoms with Gasteiger partial charge in [0.25, 0.3) is 0 Å². The third-order valence-corrected chi connectivity index (χ3v) is 5.01. The van der Waals surface area contributed by atoms with Crippen LogP contribution >= 0.6 is 11.3 Å². The Hall–Kier alpha value is -3.18. The molecule has 0 saturated carbocycles. The zero-order chi connectivity index (χ0) is 17.8. The maximum atomic E-state index is 4.61. The van der Waals surface area contributed by atoms with Crippen molar-refractivity contribution < 1.29 is 0 Å². The van der Waals surface area contributed by atoms with Crippen molar-refractivity contribution in [2.24, 2.45) is 10.1 Å². The van der Waals surface area contributed by atoms with E-state index in [1.165, 1.54) is 11.1 Å². The third kappa shape index (κ3) is 3.30. The van der Waals surface area contributed by atoms with Crippen LogP contribution in [0, 0.1) is 0 Å². The van der Waals surface area contributed by atoms with E-state index in [2.05, 4.69) is 69.0 Å². The molecule has 4 rings (SSSR count). The average molecular weight is 358 g/mol. The highest BCUT2D eigenvalue weighted by Gasteiger charge is 2.07. The van der Waals surface area contributed by atoms with Gasteiger partial charge in [-0.1, -0.05) is 54.6 Å². The van der Waals surface area contributed by atoms with Crippen molar-refractivity contribution in [1.82, 2.24) is 9.66 Å². The summed E-state index contributed by atoms with van der Waals surface area (Å²) < 4.78 is 1.88. The number of thiazole rings is 1. The predicted octanol–water partition coefficient (Wildman–Crippen LogP) is 4.62. The topological polar surface area (TPSA) is 45.4 Å².